The zero-order valence-electron chi connectivity index (χ0n) is 9.99. The van der Waals surface area contributed by atoms with Crippen molar-refractivity contribution in [3.8, 4) is 0 Å². The fourth-order valence-electron chi connectivity index (χ4n) is 2.21. The van der Waals surface area contributed by atoms with Gasteiger partial charge in [-0.2, -0.15) is 0 Å². The predicted octanol–water partition coefficient (Wildman–Crippen LogP) is 3.20. The summed E-state index contributed by atoms with van der Waals surface area (Å²) >= 11 is 9.40. The third kappa shape index (κ3) is 3.12. The Balaban J connectivity index is 2.26. The van der Waals surface area contributed by atoms with Gasteiger partial charge in [-0.25, -0.2) is 4.98 Å². The van der Waals surface area contributed by atoms with E-state index in [4.69, 9.17) is 16.3 Å². The Morgan fingerprint density at radius 1 is 1.47 bits per heavy atom. The number of ether oxygens (including phenoxy) is 1. The number of anilines is 1. The van der Waals surface area contributed by atoms with Gasteiger partial charge in [0.2, 0.25) is 0 Å². The van der Waals surface area contributed by atoms with Crippen LogP contribution in [0.5, 0.6) is 0 Å². The number of pyridine rings is 1. The second kappa shape index (κ2) is 5.55. The van der Waals surface area contributed by atoms with Gasteiger partial charge in [0.15, 0.2) is 0 Å². The molecule has 1 aromatic heterocycles. The van der Waals surface area contributed by atoms with E-state index < -0.39 is 0 Å². The summed E-state index contributed by atoms with van der Waals surface area (Å²) in [7, 11) is 0. The standard InChI is InChI=1S/C12H16BrClN2O/c1-8-6-16(7-9(2)17-8)12-10(4-14)3-11(13)5-15-12/h3,5,8-9H,4,6-7H2,1-2H3. The van der Waals surface area contributed by atoms with E-state index in [1.807, 2.05) is 12.3 Å². The average Bonchev–Trinajstić information content (AvgIpc) is 2.27. The summed E-state index contributed by atoms with van der Waals surface area (Å²) in [6, 6.07) is 2.03. The quantitative estimate of drug-likeness (QED) is 0.783. The number of hydrogen-bond donors (Lipinski definition) is 0. The van der Waals surface area contributed by atoms with E-state index in [-0.39, 0.29) is 12.2 Å². The highest BCUT2D eigenvalue weighted by Gasteiger charge is 2.24. The molecule has 2 heterocycles. The van der Waals surface area contributed by atoms with Crippen molar-refractivity contribution in [3.05, 3.63) is 22.3 Å². The number of hydrogen-bond acceptors (Lipinski definition) is 3. The minimum Gasteiger partial charge on any atom is -0.372 e. The van der Waals surface area contributed by atoms with Crippen LogP contribution in [0.3, 0.4) is 0 Å². The second-order valence-corrected chi connectivity index (χ2v) is 5.62. The lowest BCUT2D eigenvalue weighted by Crippen LogP contribution is -2.46. The molecule has 1 aliphatic rings. The van der Waals surface area contributed by atoms with Crippen LogP contribution < -0.4 is 4.90 Å². The highest BCUT2D eigenvalue weighted by atomic mass is 79.9. The SMILES string of the molecule is CC1CN(c2ncc(Br)cc2CCl)CC(C)O1. The van der Waals surface area contributed by atoms with Crippen LogP contribution in [-0.4, -0.2) is 30.3 Å². The number of alkyl halides is 1. The third-order valence-electron chi connectivity index (χ3n) is 2.77. The minimum absolute atomic E-state index is 0.229. The predicted molar refractivity (Wildman–Crippen MR) is 73.7 cm³/mol. The third-order valence-corrected chi connectivity index (χ3v) is 3.49. The van der Waals surface area contributed by atoms with Crippen molar-refractivity contribution in [1.29, 1.82) is 0 Å². The van der Waals surface area contributed by atoms with Crippen LogP contribution >= 0.6 is 27.5 Å². The van der Waals surface area contributed by atoms with Gasteiger partial charge in [-0.1, -0.05) is 0 Å². The van der Waals surface area contributed by atoms with Gasteiger partial charge in [0.25, 0.3) is 0 Å². The molecule has 1 saturated heterocycles. The van der Waals surface area contributed by atoms with Crippen molar-refractivity contribution >= 4 is 33.3 Å². The van der Waals surface area contributed by atoms with Crippen LogP contribution in [0.25, 0.3) is 0 Å². The topological polar surface area (TPSA) is 25.4 Å². The molecule has 0 bridgehead atoms. The van der Waals surface area contributed by atoms with E-state index >= 15 is 0 Å². The normalized spacial score (nSPS) is 25.1. The first-order valence-electron chi connectivity index (χ1n) is 5.71. The Bertz CT molecular complexity index is 392. The van der Waals surface area contributed by atoms with E-state index in [1.54, 1.807) is 0 Å². The van der Waals surface area contributed by atoms with E-state index in [0.717, 1.165) is 28.9 Å². The van der Waals surface area contributed by atoms with Gasteiger partial charge in [0.05, 0.1) is 18.1 Å². The first-order valence-corrected chi connectivity index (χ1v) is 7.03. The molecule has 2 atom stereocenters. The van der Waals surface area contributed by atoms with Gasteiger partial charge in [0, 0.05) is 29.3 Å². The summed E-state index contributed by atoms with van der Waals surface area (Å²) in [6.45, 7) is 5.90. The summed E-state index contributed by atoms with van der Waals surface area (Å²) < 4.78 is 6.69. The molecule has 0 aromatic carbocycles. The molecule has 2 rings (SSSR count). The zero-order valence-corrected chi connectivity index (χ0v) is 12.3. The van der Waals surface area contributed by atoms with Crippen LogP contribution in [0.2, 0.25) is 0 Å². The van der Waals surface area contributed by atoms with Gasteiger partial charge in [-0.15, -0.1) is 11.6 Å². The van der Waals surface area contributed by atoms with Gasteiger partial charge in [-0.05, 0) is 35.8 Å². The fraction of sp³-hybridized carbons (Fsp3) is 0.583. The molecule has 3 nitrogen and oxygen atoms in total. The van der Waals surface area contributed by atoms with Crippen LogP contribution in [0, 0.1) is 0 Å². The van der Waals surface area contributed by atoms with Crippen molar-refractivity contribution in [2.45, 2.75) is 31.9 Å². The molecule has 0 spiro atoms. The fourth-order valence-corrected chi connectivity index (χ4v) is 2.78. The molecule has 1 fully saturated rings. The smallest absolute Gasteiger partial charge is 0.133 e. The number of halogens is 2. The monoisotopic (exact) mass is 318 g/mol. The average molecular weight is 320 g/mol. The lowest BCUT2D eigenvalue weighted by atomic mass is 10.2. The van der Waals surface area contributed by atoms with Crippen LogP contribution in [0.4, 0.5) is 5.82 Å². The molecule has 0 radical (unpaired) electrons. The largest absolute Gasteiger partial charge is 0.372 e. The summed E-state index contributed by atoms with van der Waals surface area (Å²) in [5.74, 6) is 1.45. The van der Waals surface area contributed by atoms with Crippen molar-refractivity contribution in [2.75, 3.05) is 18.0 Å². The van der Waals surface area contributed by atoms with Crippen molar-refractivity contribution in [1.82, 2.24) is 4.98 Å². The van der Waals surface area contributed by atoms with E-state index in [9.17, 15) is 0 Å². The van der Waals surface area contributed by atoms with Gasteiger partial charge in [-0.3, -0.25) is 0 Å². The maximum absolute atomic E-state index is 5.98. The molecule has 0 aliphatic carbocycles. The summed E-state index contributed by atoms with van der Waals surface area (Å²) in [4.78, 5) is 6.73. The maximum atomic E-state index is 5.98. The van der Waals surface area contributed by atoms with Crippen molar-refractivity contribution in [2.24, 2.45) is 0 Å². The molecular formula is C12H16BrClN2O. The summed E-state index contributed by atoms with van der Waals surface area (Å²) in [5.41, 5.74) is 1.06. The Kier molecular flexibility index (Phi) is 4.28. The number of aromatic nitrogens is 1. The van der Waals surface area contributed by atoms with Gasteiger partial charge in [0.1, 0.15) is 5.82 Å². The highest BCUT2D eigenvalue weighted by molar-refractivity contribution is 9.10. The molecular weight excluding hydrogens is 304 g/mol. The first-order chi connectivity index (χ1) is 8.10. The van der Waals surface area contributed by atoms with Gasteiger partial charge < -0.3 is 9.64 Å². The number of rotatable bonds is 2. The first kappa shape index (κ1) is 13.1. The Morgan fingerprint density at radius 2 is 2.12 bits per heavy atom. The lowest BCUT2D eigenvalue weighted by molar-refractivity contribution is -0.00549. The lowest BCUT2D eigenvalue weighted by Gasteiger charge is -2.36. The van der Waals surface area contributed by atoms with E-state index in [1.165, 1.54) is 0 Å². The summed E-state index contributed by atoms with van der Waals surface area (Å²) in [6.07, 6.45) is 2.27. The minimum atomic E-state index is 0.229. The summed E-state index contributed by atoms with van der Waals surface area (Å²) in [5, 5.41) is 0. The van der Waals surface area contributed by atoms with Gasteiger partial charge >= 0.3 is 0 Å². The zero-order chi connectivity index (χ0) is 12.4. The van der Waals surface area contributed by atoms with Crippen molar-refractivity contribution in [3.63, 3.8) is 0 Å². The van der Waals surface area contributed by atoms with Crippen LogP contribution in [-0.2, 0) is 10.6 Å². The number of morpholine rings is 1. The Hall–Kier alpha value is -0.320. The molecule has 5 heteroatoms. The Morgan fingerprint density at radius 3 is 2.71 bits per heavy atom. The molecule has 0 saturated carbocycles. The molecule has 0 N–H and O–H groups in total. The highest BCUT2D eigenvalue weighted by Crippen LogP contribution is 2.25. The number of nitrogens with zero attached hydrogens (tertiary/aromatic N) is 2. The Labute approximate surface area is 115 Å². The molecule has 0 amide bonds. The second-order valence-electron chi connectivity index (χ2n) is 4.43. The van der Waals surface area contributed by atoms with Crippen LogP contribution in [0.1, 0.15) is 19.4 Å². The van der Waals surface area contributed by atoms with E-state index in [2.05, 4.69) is 39.7 Å². The molecule has 1 aliphatic heterocycles. The molecule has 1 aromatic rings. The molecule has 2 unspecified atom stereocenters. The molecule has 17 heavy (non-hydrogen) atoms. The molecule has 94 valence electrons. The van der Waals surface area contributed by atoms with Crippen molar-refractivity contribution < 1.29 is 4.74 Å². The maximum Gasteiger partial charge on any atom is 0.133 e. The van der Waals surface area contributed by atoms with Crippen LogP contribution in [0.15, 0.2) is 16.7 Å². The van der Waals surface area contributed by atoms with E-state index in [0.29, 0.717) is 5.88 Å².